The Balaban J connectivity index is 3.65. The molecule has 0 saturated carbocycles. The minimum absolute atomic E-state index is 1.61. The van der Waals surface area contributed by atoms with Gasteiger partial charge in [-0.15, -0.1) is 0 Å². The van der Waals surface area contributed by atoms with Gasteiger partial charge in [-0.3, -0.25) is 0 Å². The van der Waals surface area contributed by atoms with E-state index in [1.165, 1.54) is 0 Å². The minimum Gasteiger partial charge on any atom is -0.366 e. The van der Waals surface area contributed by atoms with Crippen molar-refractivity contribution >= 4 is 9.01 Å². The van der Waals surface area contributed by atoms with Gasteiger partial charge < -0.3 is 13.6 Å². The van der Waals surface area contributed by atoms with E-state index in [2.05, 4.69) is 0 Å². The molecule has 0 fully saturated rings. The van der Waals surface area contributed by atoms with Gasteiger partial charge in [0.15, 0.2) is 0 Å². The highest BCUT2D eigenvalue weighted by atomic mass is 28.3. The maximum Gasteiger partial charge on any atom is 0.520 e. The molecule has 0 aromatic carbocycles. The largest absolute Gasteiger partial charge is 0.520 e. The third-order valence-corrected chi connectivity index (χ3v) is 2.30. The van der Waals surface area contributed by atoms with E-state index in [9.17, 15) is 4.46 Å². The summed E-state index contributed by atoms with van der Waals surface area (Å²) in [5, 5.41) is 0. The van der Waals surface area contributed by atoms with Crippen molar-refractivity contribution in [3.05, 3.63) is 0 Å². The summed E-state index contributed by atoms with van der Waals surface area (Å²) in [6, 6.07) is 0. The Morgan fingerprint density at radius 1 is 1.00 bits per heavy atom. The van der Waals surface area contributed by atoms with Gasteiger partial charge in [0.05, 0.1) is 0 Å². The molecule has 0 N–H and O–H groups in total. The molecule has 0 aromatic heterocycles. The zero-order valence-electron chi connectivity index (χ0n) is 5.80. The predicted octanol–water partition coefficient (Wildman–Crippen LogP) is -0.475. The third kappa shape index (κ3) is 2.06. The lowest BCUT2D eigenvalue weighted by Crippen LogP contribution is -2.37. The van der Waals surface area contributed by atoms with E-state index in [0.29, 0.717) is 0 Å². The smallest absolute Gasteiger partial charge is 0.366 e. The molecule has 0 aromatic rings. The third-order valence-electron chi connectivity index (χ3n) is 0.765. The van der Waals surface area contributed by atoms with Crippen LogP contribution in [0.5, 0.6) is 0 Å². The van der Waals surface area contributed by atoms with E-state index in [1.54, 1.807) is 37.3 Å². The van der Waals surface area contributed by atoms with Crippen molar-refractivity contribution in [2.45, 2.75) is 0 Å². The molecule has 0 amide bonds. The van der Waals surface area contributed by atoms with E-state index in [1.807, 2.05) is 0 Å². The molecule has 48 valence electrons. The lowest BCUT2D eigenvalue weighted by molar-refractivity contribution is 0.414. The van der Waals surface area contributed by atoms with Gasteiger partial charge in [0.1, 0.15) is 0 Å². The van der Waals surface area contributed by atoms with Crippen LogP contribution in [0.1, 0.15) is 0 Å². The average molecular weight is 132 g/mol. The summed E-state index contributed by atoms with van der Waals surface area (Å²) in [5.74, 6) is 0. The first-order chi connectivity index (χ1) is 3.55. The van der Waals surface area contributed by atoms with Crippen LogP contribution >= 0.6 is 0 Å². The first-order valence-corrected chi connectivity index (χ1v) is 3.74. The zero-order valence-corrected chi connectivity index (χ0v) is 6.80. The quantitative estimate of drug-likeness (QED) is 0.474. The Bertz CT molecular complexity index is 82.0. The van der Waals surface area contributed by atoms with Crippen LogP contribution in [0.25, 0.3) is 0 Å². The van der Waals surface area contributed by atoms with E-state index in [-0.39, 0.29) is 0 Å². The van der Waals surface area contributed by atoms with Crippen LogP contribution in [0.4, 0.5) is 0 Å². The molecule has 0 radical (unpaired) electrons. The number of hydrogen-bond donors (Lipinski definition) is 0. The number of hydrogen-bond acceptors (Lipinski definition) is 1. The van der Waals surface area contributed by atoms with Crippen LogP contribution in [-0.4, -0.2) is 46.3 Å². The molecule has 0 spiro atoms. The van der Waals surface area contributed by atoms with Gasteiger partial charge in [-0.05, 0) is 0 Å². The highest BCUT2D eigenvalue weighted by Crippen LogP contribution is 1.77. The summed E-state index contributed by atoms with van der Waals surface area (Å²) in [7, 11) is 5.62. The maximum atomic E-state index is 10.9. The van der Waals surface area contributed by atoms with Gasteiger partial charge in [-0.2, -0.15) is 0 Å². The second kappa shape index (κ2) is 2.81. The summed E-state index contributed by atoms with van der Waals surface area (Å²) in [4.78, 5) is 0. The first-order valence-electron chi connectivity index (χ1n) is 2.44. The Morgan fingerprint density at radius 2 is 1.25 bits per heavy atom. The fourth-order valence-corrected chi connectivity index (χ4v) is 1.20. The van der Waals surface area contributed by atoms with Gasteiger partial charge in [-0.25, -0.2) is 0 Å². The Labute approximate surface area is 51.7 Å². The molecule has 4 heteroatoms. The van der Waals surface area contributed by atoms with Crippen LogP contribution in [0.3, 0.4) is 0 Å². The van der Waals surface area contributed by atoms with Crippen molar-refractivity contribution in [2.24, 2.45) is 0 Å². The molecule has 0 saturated heterocycles. The van der Waals surface area contributed by atoms with Crippen molar-refractivity contribution in [1.29, 1.82) is 0 Å². The Kier molecular flexibility index (Phi) is 2.68. The lowest BCUT2D eigenvalue weighted by Gasteiger charge is -2.14. The van der Waals surface area contributed by atoms with Crippen molar-refractivity contribution < 1.29 is 4.46 Å². The first kappa shape index (κ1) is 7.62. The van der Waals surface area contributed by atoms with E-state index in [0.717, 1.165) is 0 Å². The fraction of sp³-hybridized carbons (Fsp3) is 1.00. The van der Waals surface area contributed by atoms with Crippen molar-refractivity contribution in [2.75, 3.05) is 28.2 Å². The summed E-state index contributed by atoms with van der Waals surface area (Å²) < 4.78 is 14.3. The predicted molar refractivity (Wildman–Crippen MR) is 33.8 cm³/mol. The molecule has 0 rings (SSSR count). The van der Waals surface area contributed by atoms with Gasteiger partial charge in [0.2, 0.25) is 0 Å². The summed E-state index contributed by atoms with van der Waals surface area (Å²) >= 11 is 0. The Hall–Kier alpha value is -0.383. The van der Waals surface area contributed by atoms with Gasteiger partial charge in [-0.1, -0.05) is 0 Å². The second-order valence-electron chi connectivity index (χ2n) is 2.07. The molecular formula is C4H12N2OSi. The lowest BCUT2D eigenvalue weighted by atomic mass is 11.3. The normalized spacial score (nSPS) is 8.50. The highest BCUT2D eigenvalue weighted by molar-refractivity contribution is 6.35. The summed E-state index contributed by atoms with van der Waals surface area (Å²) in [5.41, 5.74) is 0. The van der Waals surface area contributed by atoms with Crippen LogP contribution in [0.2, 0.25) is 0 Å². The molecule has 0 aliphatic rings. The molecule has 0 bridgehead atoms. The molecule has 3 nitrogen and oxygen atoms in total. The minimum atomic E-state index is -1.61. The van der Waals surface area contributed by atoms with E-state index >= 15 is 0 Å². The average Bonchev–Trinajstić information content (AvgIpc) is 1.64. The van der Waals surface area contributed by atoms with Crippen molar-refractivity contribution in [3.8, 4) is 0 Å². The van der Waals surface area contributed by atoms with Crippen LogP contribution in [0, 0.1) is 0 Å². The van der Waals surface area contributed by atoms with Crippen LogP contribution < -0.4 is 0 Å². The van der Waals surface area contributed by atoms with Gasteiger partial charge in [0.25, 0.3) is 0 Å². The standard InChI is InChI=1S/C4H12N2OSi/c1-5(2)8(7)6(3)4/h1-4H3. The molecule has 0 aliphatic heterocycles. The van der Waals surface area contributed by atoms with E-state index < -0.39 is 9.01 Å². The van der Waals surface area contributed by atoms with Crippen molar-refractivity contribution in [1.82, 2.24) is 9.13 Å². The number of rotatable bonds is 2. The molecule has 0 aliphatic carbocycles. The van der Waals surface area contributed by atoms with Crippen LogP contribution in [-0.2, 0) is 4.46 Å². The molecule has 8 heavy (non-hydrogen) atoms. The monoisotopic (exact) mass is 132 g/mol. The molecule has 0 unspecified atom stereocenters. The number of nitrogens with zero attached hydrogens (tertiary/aromatic N) is 2. The topological polar surface area (TPSA) is 23.6 Å². The zero-order chi connectivity index (χ0) is 6.73. The Morgan fingerprint density at radius 3 is 1.25 bits per heavy atom. The van der Waals surface area contributed by atoms with Gasteiger partial charge >= 0.3 is 9.01 Å². The fourth-order valence-electron chi connectivity index (χ4n) is 0.400. The highest BCUT2D eigenvalue weighted by Gasteiger charge is 2.08. The molecule has 0 heterocycles. The SMILES string of the molecule is CN(C)[Si](=O)N(C)C. The van der Waals surface area contributed by atoms with Gasteiger partial charge in [0, 0.05) is 28.2 Å². The summed E-state index contributed by atoms with van der Waals surface area (Å²) in [6.45, 7) is 0. The van der Waals surface area contributed by atoms with Crippen LogP contribution in [0.15, 0.2) is 0 Å². The van der Waals surface area contributed by atoms with Crippen molar-refractivity contribution in [3.63, 3.8) is 0 Å². The molecule has 0 atom stereocenters. The molecular weight excluding hydrogens is 120 g/mol. The van der Waals surface area contributed by atoms with E-state index in [4.69, 9.17) is 0 Å². The second-order valence-corrected chi connectivity index (χ2v) is 4.43. The summed E-state index contributed by atoms with van der Waals surface area (Å²) in [6.07, 6.45) is 0. The maximum absolute atomic E-state index is 10.9.